The Bertz CT molecular complexity index is 683. The summed E-state index contributed by atoms with van der Waals surface area (Å²) in [6.07, 6.45) is 9.93. The maximum Gasteiger partial charge on any atom is 0.412 e. The Morgan fingerprint density at radius 2 is 2.00 bits per heavy atom. The summed E-state index contributed by atoms with van der Waals surface area (Å²) in [5.74, 6) is 1.58. The first-order valence-electron chi connectivity index (χ1n) is 11.4. The van der Waals surface area contributed by atoms with Crippen LogP contribution in [0, 0.1) is 5.92 Å². The van der Waals surface area contributed by atoms with Crippen molar-refractivity contribution < 1.29 is 14.3 Å². The zero-order valence-corrected chi connectivity index (χ0v) is 20.0. The van der Waals surface area contributed by atoms with Crippen LogP contribution < -0.4 is 0 Å². The minimum atomic E-state index is -0.665. The van der Waals surface area contributed by atoms with Crippen molar-refractivity contribution >= 4 is 17.9 Å². The number of hydrogen-bond donors (Lipinski definition) is 0. The summed E-state index contributed by atoms with van der Waals surface area (Å²) in [7, 11) is 0. The highest BCUT2D eigenvalue weighted by molar-refractivity contribution is 7.99. The van der Waals surface area contributed by atoms with Crippen LogP contribution >= 0.6 is 11.8 Å². The van der Waals surface area contributed by atoms with Crippen molar-refractivity contribution in [2.75, 3.05) is 5.75 Å². The van der Waals surface area contributed by atoms with Gasteiger partial charge >= 0.3 is 6.09 Å². The first kappa shape index (κ1) is 23.4. The summed E-state index contributed by atoms with van der Waals surface area (Å²) in [6.45, 7) is 9.76. The molecule has 2 aliphatic rings. The third kappa shape index (κ3) is 6.36. The smallest absolute Gasteiger partial charge is 0.412 e. The van der Waals surface area contributed by atoms with Crippen molar-refractivity contribution in [3.63, 3.8) is 0 Å². The van der Waals surface area contributed by atoms with Gasteiger partial charge in [0.2, 0.25) is 0 Å². The summed E-state index contributed by atoms with van der Waals surface area (Å²) in [5.41, 5.74) is -1.18. The Kier molecular flexibility index (Phi) is 7.72. The standard InChI is InChI=1S/C24H38N2O3S/c1-23(2,3)29-22(27)26-19(17-18-11-7-6-8-12-18)20(28-24(26,4)5)14-16-30-21-13-9-10-15-25-21/h9-10,13,15,18-20H,6-8,11-12,14,16-17H2,1-5H3/t19-,20-/m0/s1. The number of amides is 1. The average molecular weight is 435 g/mol. The number of hydrogen-bond acceptors (Lipinski definition) is 5. The topological polar surface area (TPSA) is 51.7 Å². The number of carbonyl (C=O) groups excluding carboxylic acids is 1. The van der Waals surface area contributed by atoms with Crippen molar-refractivity contribution in [1.82, 2.24) is 9.88 Å². The van der Waals surface area contributed by atoms with Gasteiger partial charge in [-0.25, -0.2) is 9.78 Å². The molecule has 6 heteroatoms. The molecular formula is C24H38N2O3S. The monoisotopic (exact) mass is 434 g/mol. The van der Waals surface area contributed by atoms with E-state index in [1.807, 2.05) is 63.9 Å². The van der Waals surface area contributed by atoms with E-state index in [4.69, 9.17) is 9.47 Å². The van der Waals surface area contributed by atoms with E-state index in [0.717, 1.165) is 23.6 Å². The molecule has 3 rings (SSSR count). The van der Waals surface area contributed by atoms with Gasteiger partial charge in [0, 0.05) is 11.9 Å². The number of rotatable bonds is 6. The van der Waals surface area contributed by atoms with E-state index in [2.05, 4.69) is 4.98 Å². The largest absolute Gasteiger partial charge is 0.444 e. The molecule has 30 heavy (non-hydrogen) atoms. The van der Waals surface area contributed by atoms with Crippen LogP contribution in [-0.2, 0) is 9.47 Å². The quantitative estimate of drug-likeness (QED) is 0.494. The number of carbonyl (C=O) groups is 1. The van der Waals surface area contributed by atoms with Crippen LogP contribution in [0.25, 0.3) is 0 Å². The van der Waals surface area contributed by atoms with Gasteiger partial charge < -0.3 is 9.47 Å². The van der Waals surface area contributed by atoms with Gasteiger partial charge in [-0.3, -0.25) is 4.90 Å². The summed E-state index contributed by atoms with van der Waals surface area (Å²) in [6, 6.07) is 6.05. The van der Waals surface area contributed by atoms with E-state index in [1.165, 1.54) is 32.1 Å². The van der Waals surface area contributed by atoms with Crippen LogP contribution in [0.15, 0.2) is 29.4 Å². The molecule has 1 aromatic rings. The molecule has 2 atom stereocenters. The molecule has 168 valence electrons. The molecule has 0 N–H and O–H groups in total. The fourth-order valence-electron chi connectivity index (χ4n) is 4.72. The normalized spacial score (nSPS) is 24.8. The lowest BCUT2D eigenvalue weighted by atomic mass is 9.83. The Balaban J connectivity index is 1.72. The molecule has 2 fully saturated rings. The summed E-state index contributed by atoms with van der Waals surface area (Å²) in [5, 5.41) is 1.03. The number of thioether (sulfide) groups is 1. The molecule has 0 aromatic carbocycles. The van der Waals surface area contributed by atoms with Crippen molar-refractivity contribution in [3.8, 4) is 0 Å². The lowest BCUT2D eigenvalue weighted by molar-refractivity contribution is -0.0790. The van der Waals surface area contributed by atoms with E-state index in [0.29, 0.717) is 5.92 Å². The number of pyridine rings is 1. The fourth-order valence-corrected chi connectivity index (χ4v) is 5.59. The van der Waals surface area contributed by atoms with E-state index >= 15 is 0 Å². The Morgan fingerprint density at radius 3 is 2.63 bits per heavy atom. The highest BCUT2D eigenvalue weighted by atomic mass is 32.2. The second-order valence-electron chi connectivity index (χ2n) is 10.1. The van der Waals surface area contributed by atoms with Gasteiger partial charge in [-0.05, 0) is 65.5 Å². The number of nitrogens with zero attached hydrogens (tertiary/aromatic N) is 2. The molecule has 1 saturated carbocycles. The molecule has 1 aliphatic carbocycles. The average Bonchev–Trinajstić information content (AvgIpc) is 2.91. The van der Waals surface area contributed by atoms with Crippen molar-refractivity contribution in [2.45, 2.75) is 108 Å². The van der Waals surface area contributed by atoms with Gasteiger partial charge in [0.05, 0.1) is 17.2 Å². The first-order chi connectivity index (χ1) is 14.2. The van der Waals surface area contributed by atoms with Crippen molar-refractivity contribution in [3.05, 3.63) is 24.4 Å². The molecule has 5 nitrogen and oxygen atoms in total. The molecule has 2 heterocycles. The third-order valence-corrected chi connectivity index (χ3v) is 6.94. The summed E-state index contributed by atoms with van der Waals surface area (Å²) < 4.78 is 12.3. The lowest BCUT2D eigenvalue weighted by Crippen LogP contribution is -2.50. The van der Waals surface area contributed by atoms with Gasteiger partial charge in [0.25, 0.3) is 0 Å². The highest BCUT2D eigenvalue weighted by Gasteiger charge is 2.51. The zero-order chi connectivity index (χ0) is 21.8. The maximum atomic E-state index is 13.2. The van der Waals surface area contributed by atoms with E-state index in [-0.39, 0.29) is 18.2 Å². The lowest BCUT2D eigenvalue weighted by Gasteiger charge is -2.37. The SMILES string of the molecule is CC(C)(C)OC(=O)N1[C@@H](CC2CCCCC2)[C@H](CCSc2ccccn2)OC1(C)C. The third-order valence-electron chi connectivity index (χ3n) is 5.96. The minimum absolute atomic E-state index is 0.0191. The molecule has 1 aliphatic heterocycles. The first-order valence-corrected chi connectivity index (χ1v) is 12.4. The molecular weight excluding hydrogens is 396 g/mol. The zero-order valence-electron chi connectivity index (χ0n) is 19.2. The van der Waals surface area contributed by atoms with Crippen molar-refractivity contribution in [2.24, 2.45) is 5.92 Å². The van der Waals surface area contributed by atoms with Gasteiger partial charge in [-0.1, -0.05) is 38.2 Å². The number of aromatic nitrogens is 1. The molecule has 0 radical (unpaired) electrons. The summed E-state index contributed by atoms with van der Waals surface area (Å²) >= 11 is 1.75. The molecule has 0 spiro atoms. The molecule has 1 aromatic heterocycles. The van der Waals surface area contributed by atoms with Gasteiger partial charge in [0.1, 0.15) is 11.3 Å². The van der Waals surface area contributed by atoms with Gasteiger partial charge in [-0.15, -0.1) is 11.8 Å². The predicted octanol–water partition coefficient (Wildman–Crippen LogP) is 6.27. The van der Waals surface area contributed by atoms with Crippen molar-refractivity contribution in [1.29, 1.82) is 0 Å². The second-order valence-corrected chi connectivity index (χ2v) is 11.2. The minimum Gasteiger partial charge on any atom is -0.444 e. The van der Waals surface area contributed by atoms with Crippen LogP contribution in [0.2, 0.25) is 0 Å². The van der Waals surface area contributed by atoms with Crippen LogP contribution in [0.3, 0.4) is 0 Å². The number of ether oxygens (including phenoxy) is 2. The molecule has 0 bridgehead atoms. The summed E-state index contributed by atoms with van der Waals surface area (Å²) in [4.78, 5) is 19.5. The maximum absolute atomic E-state index is 13.2. The Labute approximate surface area is 186 Å². The fraction of sp³-hybridized carbons (Fsp3) is 0.750. The predicted molar refractivity (Wildman–Crippen MR) is 122 cm³/mol. The molecule has 1 amide bonds. The Hall–Kier alpha value is -1.27. The van der Waals surface area contributed by atoms with Gasteiger partial charge in [0.15, 0.2) is 0 Å². The molecule has 1 saturated heterocycles. The van der Waals surface area contributed by atoms with Gasteiger partial charge in [-0.2, -0.15) is 0 Å². The Morgan fingerprint density at radius 1 is 1.27 bits per heavy atom. The van der Waals surface area contributed by atoms with Crippen LogP contribution in [0.4, 0.5) is 4.79 Å². The van der Waals surface area contributed by atoms with E-state index in [9.17, 15) is 4.79 Å². The van der Waals surface area contributed by atoms with Crippen LogP contribution in [0.5, 0.6) is 0 Å². The van der Waals surface area contributed by atoms with Crippen LogP contribution in [0.1, 0.15) is 79.6 Å². The van der Waals surface area contributed by atoms with Crippen LogP contribution in [-0.4, -0.2) is 45.2 Å². The van der Waals surface area contributed by atoms with E-state index in [1.54, 1.807) is 11.8 Å². The highest BCUT2D eigenvalue weighted by Crippen LogP contribution is 2.40. The molecule has 0 unspecified atom stereocenters. The van der Waals surface area contributed by atoms with E-state index < -0.39 is 11.3 Å². The second kappa shape index (κ2) is 9.90.